The largest absolute Gasteiger partial charge is 0.480 e. The van der Waals surface area contributed by atoms with Crippen molar-refractivity contribution in [2.75, 3.05) is 0 Å². The van der Waals surface area contributed by atoms with Gasteiger partial charge in [-0.2, -0.15) is 0 Å². The molecule has 0 N–H and O–H groups in total. The Balaban J connectivity index is 1.88. The molecule has 150 valence electrons. The van der Waals surface area contributed by atoms with Crippen LogP contribution in [0.4, 0.5) is 0 Å². The minimum absolute atomic E-state index is 0.0682. The molecule has 28 heavy (non-hydrogen) atoms. The van der Waals surface area contributed by atoms with Crippen LogP contribution in [-0.4, -0.2) is 17.2 Å². The molecule has 3 nitrogen and oxygen atoms in total. The summed E-state index contributed by atoms with van der Waals surface area (Å²) in [7, 11) is 0. The van der Waals surface area contributed by atoms with E-state index in [1.807, 2.05) is 90.1 Å². The molecule has 2 rings (SSSR count). The Morgan fingerprint density at radius 2 is 1.43 bits per heavy atom. The lowest BCUT2D eigenvalue weighted by Crippen LogP contribution is -2.45. The van der Waals surface area contributed by atoms with Gasteiger partial charge < -0.3 is 4.74 Å². The summed E-state index contributed by atoms with van der Waals surface area (Å²) in [5.74, 6) is 0.933. The van der Waals surface area contributed by atoms with Crippen LogP contribution in [-0.2, 0) is 11.2 Å². The van der Waals surface area contributed by atoms with E-state index >= 15 is 0 Å². The first-order chi connectivity index (χ1) is 13.0. The third kappa shape index (κ3) is 6.05. The number of carbonyl (C=O) groups excluding carboxylic acids is 2. The normalized spacial score (nSPS) is 11.9. The molecule has 0 aliphatic carbocycles. The summed E-state index contributed by atoms with van der Waals surface area (Å²) in [6.45, 7) is 11.3. The van der Waals surface area contributed by atoms with Gasteiger partial charge in [-0.1, -0.05) is 62.7 Å². The molecular formula is C25H32O3. The molecule has 0 amide bonds. The first-order valence-electron chi connectivity index (χ1n) is 9.92. The molecule has 0 unspecified atom stereocenters. The fourth-order valence-corrected chi connectivity index (χ4v) is 3.31. The summed E-state index contributed by atoms with van der Waals surface area (Å²) in [6, 6.07) is 15.5. The molecule has 2 aromatic rings. The van der Waals surface area contributed by atoms with Crippen LogP contribution in [0.2, 0.25) is 0 Å². The molecule has 0 heterocycles. The lowest BCUT2D eigenvalue weighted by atomic mass is 9.82. The van der Waals surface area contributed by atoms with Crippen molar-refractivity contribution in [3.05, 3.63) is 65.2 Å². The van der Waals surface area contributed by atoms with E-state index in [1.165, 1.54) is 0 Å². The zero-order chi connectivity index (χ0) is 20.9. The Kier molecular flexibility index (Phi) is 6.82. The molecule has 0 spiro atoms. The van der Waals surface area contributed by atoms with Gasteiger partial charge in [-0.15, -0.1) is 0 Å². The van der Waals surface area contributed by atoms with Crippen molar-refractivity contribution in [1.82, 2.24) is 0 Å². The molecule has 0 aromatic heterocycles. The average molecular weight is 381 g/mol. The molecule has 2 aromatic carbocycles. The van der Waals surface area contributed by atoms with Gasteiger partial charge in [0.05, 0.1) is 0 Å². The molecule has 0 fully saturated rings. The lowest BCUT2D eigenvalue weighted by Gasteiger charge is -2.31. The third-order valence-electron chi connectivity index (χ3n) is 4.77. The summed E-state index contributed by atoms with van der Waals surface area (Å²) < 4.78 is 5.95. The summed E-state index contributed by atoms with van der Waals surface area (Å²) in [5.41, 5.74) is 1.77. The number of ketones is 2. The molecule has 0 aliphatic heterocycles. The van der Waals surface area contributed by atoms with Crippen LogP contribution in [0.3, 0.4) is 0 Å². The Morgan fingerprint density at radius 1 is 0.857 bits per heavy atom. The standard InChI is InChI=1S/C25H32O3/c1-18-10-14-20(15-11-18)22(26)9-7-8-19-12-16-21(17-13-19)28-25(5,6)23(27)24(2,3)4/h10-17H,7-9H2,1-6H3. The van der Waals surface area contributed by atoms with E-state index in [0.717, 1.165) is 29.5 Å². The van der Waals surface area contributed by atoms with Gasteiger partial charge in [0.1, 0.15) is 5.75 Å². The Bertz CT molecular complexity index is 806. The number of aryl methyl sites for hydroxylation is 2. The van der Waals surface area contributed by atoms with E-state index in [2.05, 4.69) is 0 Å². The number of Topliss-reactive ketones (excluding diaryl/α,β-unsaturated/α-hetero) is 2. The van der Waals surface area contributed by atoms with Gasteiger partial charge in [-0.25, -0.2) is 0 Å². The average Bonchev–Trinajstić information content (AvgIpc) is 2.62. The maximum atomic E-state index is 12.5. The van der Waals surface area contributed by atoms with Crippen molar-refractivity contribution in [2.45, 2.75) is 66.4 Å². The van der Waals surface area contributed by atoms with Gasteiger partial charge in [0.15, 0.2) is 17.2 Å². The van der Waals surface area contributed by atoms with Crippen molar-refractivity contribution >= 4 is 11.6 Å². The quantitative estimate of drug-likeness (QED) is 0.530. The van der Waals surface area contributed by atoms with E-state index in [1.54, 1.807) is 0 Å². The number of rotatable bonds is 8. The Morgan fingerprint density at radius 3 is 1.96 bits per heavy atom. The van der Waals surface area contributed by atoms with Gasteiger partial charge in [-0.05, 0) is 51.3 Å². The molecule has 0 aliphatic rings. The number of hydrogen-bond acceptors (Lipinski definition) is 3. The third-order valence-corrected chi connectivity index (χ3v) is 4.77. The maximum Gasteiger partial charge on any atom is 0.181 e. The highest BCUT2D eigenvalue weighted by Gasteiger charge is 2.37. The highest BCUT2D eigenvalue weighted by molar-refractivity contribution is 5.96. The van der Waals surface area contributed by atoms with E-state index in [-0.39, 0.29) is 11.6 Å². The monoisotopic (exact) mass is 380 g/mol. The highest BCUT2D eigenvalue weighted by atomic mass is 16.5. The fourth-order valence-electron chi connectivity index (χ4n) is 3.31. The van der Waals surface area contributed by atoms with Crippen LogP contribution in [0.25, 0.3) is 0 Å². The van der Waals surface area contributed by atoms with Crippen molar-refractivity contribution in [3.8, 4) is 5.75 Å². The second-order valence-electron chi connectivity index (χ2n) is 8.98. The minimum atomic E-state index is -0.875. The smallest absolute Gasteiger partial charge is 0.181 e. The van der Waals surface area contributed by atoms with Crippen LogP contribution >= 0.6 is 0 Å². The lowest BCUT2D eigenvalue weighted by molar-refractivity contribution is -0.139. The van der Waals surface area contributed by atoms with Crippen LogP contribution in [0.5, 0.6) is 5.75 Å². The van der Waals surface area contributed by atoms with Gasteiger partial charge in [0.25, 0.3) is 0 Å². The van der Waals surface area contributed by atoms with Crippen molar-refractivity contribution in [3.63, 3.8) is 0 Å². The van der Waals surface area contributed by atoms with Gasteiger partial charge in [0.2, 0.25) is 0 Å². The number of carbonyl (C=O) groups is 2. The molecule has 0 atom stereocenters. The molecule has 0 saturated heterocycles. The summed E-state index contributed by atoms with van der Waals surface area (Å²) >= 11 is 0. The summed E-state index contributed by atoms with van der Waals surface area (Å²) in [5, 5.41) is 0. The zero-order valence-electron chi connectivity index (χ0n) is 18.0. The minimum Gasteiger partial charge on any atom is -0.480 e. The van der Waals surface area contributed by atoms with Gasteiger partial charge in [-0.3, -0.25) is 9.59 Å². The van der Waals surface area contributed by atoms with Crippen molar-refractivity contribution < 1.29 is 14.3 Å². The topological polar surface area (TPSA) is 43.4 Å². The van der Waals surface area contributed by atoms with Crippen LogP contribution in [0, 0.1) is 12.3 Å². The summed E-state index contributed by atoms with van der Waals surface area (Å²) in [4.78, 5) is 24.8. The number of hydrogen-bond donors (Lipinski definition) is 0. The van der Waals surface area contributed by atoms with Crippen molar-refractivity contribution in [2.24, 2.45) is 5.41 Å². The zero-order valence-corrected chi connectivity index (χ0v) is 18.0. The molecule has 0 radical (unpaired) electrons. The maximum absolute atomic E-state index is 12.5. The molecule has 0 saturated carbocycles. The van der Waals surface area contributed by atoms with Gasteiger partial charge >= 0.3 is 0 Å². The Hall–Kier alpha value is -2.42. The summed E-state index contributed by atoms with van der Waals surface area (Å²) in [6.07, 6.45) is 2.18. The fraction of sp³-hybridized carbons (Fsp3) is 0.440. The highest BCUT2D eigenvalue weighted by Crippen LogP contribution is 2.28. The number of benzene rings is 2. The Labute approximate surface area is 169 Å². The molecular weight excluding hydrogens is 348 g/mol. The number of ether oxygens (including phenoxy) is 1. The second kappa shape index (κ2) is 8.72. The van der Waals surface area contributed by atoms with Crippen LogP contribution in [0.15, 0.2) is 48.5 Å². The van der Waals surface area contributed by atoms with Crippen LogP contribution < -0.4 is 4.74 Å². The van der Waals surface area contributed by atoms with Gasteiger partial charge in [0, 0.05) is 17.4 Å². The second-order valence-corrected chi connectivity index (χ2v) is 8.98. The van der Waals surface area contributed by atoms with E-state index in [0.29, 0.717) is 12.2 Å². The molecule has 3 heteroatoms. The predicted molar refractivity (Wildman–Crippen MR) is 114 cm³/mol. The van der Waals surface area contributed by atoms with Crippen LogP contribution in [0.1, 0.15) is 68.9 Å². The predicted octanol–water partition coefficient (Wildman–Crippen LogP) is 5.97. The van der Waals surface area contributed by atoms with E-state index < -0.39 is 11.0 Å². The van der Waals surface area contributed by atoms with E-state index in [9.17, 15) is 9.59 Å². The molecule has 0 bridgehead atoms. The van der Waals surface area contributed by atoms with E-state index in [4.69, 9.17) is 4.74 Å². The first-order valence-corrected chi connectivity index (χ1v) is 9.92. The van der Waals surface area contributed by atoms with Crippen molar-refractivity contribution in [1.29, 1.82) is 0 Å². The first kappa shape index (κ1) is 21.9. The SMILES string of the molecule is Cc1ccc(C(=O)CCCc2ccc(OC(C)(C)C(=O)C(C)(C)C)cc2)cc1.